The van der Waals surface area contributed by atoms with E-state index in [0.29, 0.717) is 24.3 Å². The van der Waals surface area contributed by atoms with Crippen LogP contribution in [0.25, 0.3) is 0 Å². The van der Waals surface area contributed by atoms with Gasteiger partial charge < -0.3 is 9.64 Å². The third kappa shape index (κ3) is 4.64. The van der Waals surface area contributed by atoms with Crippen molar-refractivity contribution in [2.45, 2.75) is 63.4 Å². The number of alkyl halides is 1. The Morgan fingerprint density at radius 1 is 1.32 bits per heavy atom. The largest absolute Gasteiger partial charge is 0.378 e. The molecule has 0 aromatic heterocycles. The Morgan fingerprint density at radius 2 is 2.05 bits per heavy atom. The van der Waals surface area contributed by atoms with E-state index in [0.717, 1.165) is 45.4 Å². The van der Waals surface area contributed by atoms with Crippen molar-refractivity contribution in [3.05, 3.63) is 0 Å². The molecule has 19 heavy (non-hydrogen) atoms. The number of rotatable bonds is 4. The summed E-state index contributed by atoms with van der Waals surface area (Å²) in [6.45, 7) is 4.69. The molecule has 0 radical (unpaired) electrons. The molecule has 110 valence electrons. The van der Waals surface area contributed by atoms with Gasteiger partial charge in [-0.05, 0) is 51.4 Å². The molecule has 2 rings (SSSR count). The van der Waals surface area contributed by atoms with Crippen molar-refractivity contribution < 1.29 is 9.53 Å². The molecule has 2 saturated heterocycles. The second-order valence-corrected chi connectivity index (χ2v) is 6.61. The second kappa shape index (κ2) is 7.49. The fourth-order valence-electron chi connectivity index (χ4n) is 3.09. The molecule has 0 aromatic carbocycles. The van der Waals surface area contributed by atoms with Crippen molar-refractivity contribution in [1.29, 1.82) is 0 Å². The van der Waals surface area contributed by atoms with Crippen LogP contribution in [-0.2, 0) is 9.53 Å². The predicted octanol–water partition coefficient (Wildman–Crippen LogP) is 3.20. The van der Waals surface area contributed by atoms with Crippen molar-refractivity contribution in [3.8, 4) is 0 Å². The molecule has 4 heteroatoms. The van der Waals surface area contributed by atoms with Gasteiger partial charge in [0.15, 0.2) is 0 Å². The van der Waals surface area contributed by atoms with Gasteiger partial charge in [-0.1, -0.05) is 0 Å². The quantitative estimate of drug-likeness (QED) is 0.743. The fraction of sp³-hybridized carbons (Fsp3) is 0.933. The van der Waals surface area contributed by atoms with Crippen LogP contribution < -0.4 is 0 Å². The Labute approximate surface area is 121 Å². The summed E-state index contributed by atoms with van der Waals surface area (Å²) in [5.74, 6) is 0.877. The zero-order chi connectivity index (χ0) is 13.7. The van der Waals surface area contributed by atoms with Gasteiger partial charge in [0.1, 0.15) is 0 Å². The molecule has 0 aliphatic carbocycles. The Balaban J connectivity index is 1.66. The molecule has 2 atom stereocenters. The lowest BCUT2D eigenvalue weighted by atomic mass is 9.93. The minimum absolute atomic E-state index is 0.230. The topological polar surface area (TPSA) is 29.5 Å². The highest BCUT2D eigenvalue weighted by molar-refractivity contribution is 6.20. The Hall–Kier alpha value is -0.280. The molecule has 0 aromatic rings. The molecule has 2 fully saturated rings. The number of likely N-dealkylation sites (tertiary alicyclic amines) is 1. The number of amides is 1. The Morgan fingerprint density at radius 3 is 2.63 bits per heavy atom. The van der Waals surface area contributed by atoms with Crippen LogP contribution in [0.2, 0.25) is 0 Å². The van der Waals surface area contributed by atoms with E-state index in [4.69, 9.17) is 16.3 Å². The normalized spacial score (nSPS) is 27.3. The first kappa shape index (κ1) is 15.1. The van der Waals surface area contributed by atoms with E-state index in [-0.39, 0.29) is 5.38 Å². The first-order valence-electron chi connectivity index (χ1n) is 7.70. The third-order valence-corrected chi connectivity index (χ3v) is 4.85. The highest BCUT2D eigenvalue weighted by Crippen LogP contribution is 2.25. The zero-order valence-corrected chi connectivity index (χ0v) is 12.7. The number of piperidine rings is 1. The van der Waals surface area contributed by atoms with Gasteiger partial charge >= 0.3 is 0 Å². The van der Waals surface area contributed by atoms with Crippen LogP contribution in [-0.4, -0.2) is 42.0 Å². The van der Waals surface area contributed by atoms with E-state index in [2.05, 4.69) is 6.92 Å². The van der Waals surface area contributed by atoms with Gasteiger partial charge in [-0.25, -0.2) is 0 Å². The minimum Gasteiger partial charge on any atom is -0.378 e. The van der Waals surface area contributed by atoms with Crippen molar-refractivity contribution in [3.63, 3.8) is 0 Å². The molecular weight excluding hydrogens is 262 g/mol. The molecule has 0 saturated carbocycles. The average molecular weight is 288 g/mol. The highest BCUT2D eigenvalue weighted by Gasteiger charge is 2.25. The zero-order valence-electron chi connectivity index (χ0n) is 11.9. The number of carbonyl (C=O) groups is 1. The van der Waals surface area contributed by atoms with Crippen LogP contribution in [0.3, 0.4) is 0 Å². The first-order valence-corrected chi connectivity index (χ1v) is 8.14. The third-order valence-electron chi connectivity index (χ3n) is 4.50. The van der Waals surface area contributed by atoms with Crippen LogP contribution in [0.4, 0.5) is 0 Å². The molecule has 0 bridgehead atoms. The van der Waals surface area contributed by atoms with Crippen LogP contribution in [0.5, 0.6) is 0 Å². The smallest absolute Gasteiger partial charge is 0.222 e. The van der Waals surface area contributed by atoms with Crippen molar-refractivity contribution in [1.82, 2.24) is 4.90 Å². The van der Waals surface area contributed by atoms with Crippen molar-refractivity contribution in [2.75, 3.05) is 19.7 Å². The monoisotopic (exact) mass is 287 g/mol. The van der Waals surface area contributed by atoms with Gasteiger partial charge in [0.2, 0.25) is 5.91 Å². The summed E-state index contributed by atoms with van der Waals surface area (Å²) in [4.78, 5) is 14.2. The van der Waals surface area contributed by atoms with E-state index >= 15 is 0 Å². The number of halogens is 1. The SMILES string of the molecule is CC(Cl)C1CCN(C(=O)CCC2CCCCO2)CC1. The van der Waals surface area contributed by atoms with Gasteiger partial charge in [-0.2, -0.15) is 0 Å². The van der Waals surface area contributed by atoms with E-state index < -0.39 is 0 Å². The summed E-state index contributed by atoms with van der Waals surface area (Å²) in [6.07, 6.45) is 7.51. The van der Waals surface area contributed by atoms with Gasteiger partial charge in [0.25, 0.3) is 0 Å². The van der Waals surface area contributed by atoms with Crippen LogP contribution in [0.1, 0.15) is 51.9 Å². The summed E-state index contributed by atoms with van der Waals surface area (Å²) in [5.41, 5.74) is 0. The number of ether oxygens (including phenoxy) is 1. The average Bonchev–Trinajstić information content (AvgIpc) is 2.46. The molecule has 0 N–H and O–H groups in total. The van der Waals surface area contributed by atoms with Gasteiger partial charge in [-0.15, -0.1) is 11.6 Å². The van der Waals surface area contributed by atoms with E-state index in [1.54, 1.807) is 0 Å². The maximum Gasteiger partial charge on any atom is 0.222 e. The standard InChI is InChI=1S/C15H26ClNO2/c1-12(16)13-7-9-17(10-8-13)15(18)6-5-14-4-2-3-11-19-14/h12-14H,2-11H2,1H3. The van der Waals surface area contributed by atoms with Crippen LogP contribution >= 0.6 is 11.6 Å². The Bertz CT molecular complexity index is 282. The molecular formula is C15H26ClNO2. The molecule has 2 heterocycles. The van der Waals surface area contributed by atoms with Crippen LogP contribution in [0, 0.1) is 5.92 Å². The minimum atomic E-state index is 0.230. The van der Waals surface area contributed by atoms with Gasteiger partial charge in [0, 0.05) is 31.5 Å². The molecule has 1 amide bonds. The number of carbonyl (C=O) groups excluding carboxylic acids is 1. The lowest BCUT2D eigenvalue weighted by Gasteiger charge is -2.33. The number of hydrogen-bond donors (Lipinski definition) is 0. The summed E-state index contributed by atoms with van der Waals surface area (Å²) in [6, 6.07) is 0. The number of nitrogens with zero attached hydrogens (tertiary/aromatic N) is 1. The summed E-state index contributed by atoms with van der Waals surface area (Å²) >= 11 is 6.13. The number of hydrogen-bond acceptors (Lipinski definition) is 2. The van der Waals surface area contributed by atoms with Gasteiger partial charge in [-0.3, -0.25) is 4.79 Å². The summed E-state index contributed by atoms with van der Waals surface area (Å²) in [5, 5.41) is 0.230. The van der Waals surface area contributed by atoms with Gasteiger partial charge in [0.05, 0.1) is 6.10 Å². The van der Waals surface area contributed by atoms with Crippen molar-refractivity contribution >= 4 is 17.5 Å². The highest BCUT2D eigenvalue weighted by atomic mass is 35.5. The molecule has 0 spiro atoms. The lowest BCUT2D eigenvalue weighted by Crippen LogP contribution is -2.40. The summed E-state index contributed by atoms with van der Waals surface area (Å²) in [7, 11) is 0. The second-order valence-electron chi connectivity index (χ2n) is 5.92. The van der Waals surface area contributed by atoms with Crippen molar-refractivity contribution in [2.24, 2.45) is 5.92 Å². The first-order chi connectivity index (χ1) is 9.16. The van der Waals surface area contributed by atoms with E-state index in [1.807, 2.05) is 4.90 Å². The predicted molar refractivity (Wildman–Crippen MR) is 77.4 cm³/mol. The molecule has 3 nitrogen and oxygen atoms in total. The lowest BCUT2D eigenvalue weighted by molar-refractivity contribution is -0.133. The van der Waals surface area contributed by atoms with E-state index in [1.165, 1.54) is 12.8 Å². The van der Waals surface area contributed by atoms with Crippen LogP contribution in [0.15, 0.2) is 0 Å². The molecule has 2 unspecified atom stereocenters. The maximum absolute atomic E-state index is 12.2. The Kier molecular flexibility index (Phi) is 5.96. The molecule has 2 aliphatic heterocycles. The maximum atomic E-state index is 12.2. The van der Waals surface area contributed by atoms with E-state index in [9.17, 15) is 4.79 Å². The molecule has 2 aliphatic rings. The fourth-order valence-corrected chi connectivity index (χ4v) is 3.34. The summed E-state index contributed by atoms with van der Waals surface area (Å²) < 4.78 is 5.68.